The fraction of sp³-hybridized carbons (Fsp3) is 0.111. The monoisotopic (exact) mass is 192 g/mol. The number of nitrogens with zero attached hydrogens (tertiary/aromatic N) is 1. The zero-order chi connectivity index (χ0) is 9.68. The van der Waals surface area contributed by atoms with Crippen LogP contribution in [0.2, 0.25) is 0 Å². The highest BCUT2D eigenvalue weighted by molar-refractivity contribution is 7.78. The fourth-order valence-electron chi connectivity index (χ4n) is 0.909. The van der Waals surface area contributed by atoms with Crippen molar-refractivity contribution >= 4 is 34.7 Å². The standard InChI is InChI=1S/C9H8N2OS/c1-7(12)11-9-4-2-3-8(5-9)10-6-13/h2-5H,1H3,(H,11,12). The Morgan fingerprint density at radius 1 is 1.62 bits per heavy atom. The molecule has 66 valence electrons. The summed E-state index contributed by atoms with van der Waals surface area (Å²) < 4.78 is 0. The Labute approximate surface area is 81.5 Å². The van der Waals surface area contributed by atoms with Crippen molar-refractivity contribution in [2.24, 2.45) is 4.99 Å². The average molecular weight is 192 g/mol. The molecule has 0 aliphatic heterocycles. The van der Waals surface area contributed by atoms with Crippen LogP contribution in [0, 0.1) is 0 Å². The van der Waals surface area contributed by atoms with E-state index in [0.717, 1.165) is 0 Å². The lowest BCUT2D eigenvalue weighted by Crippen LogP contribution is -2.04. The highest BCUT2D eigenvalue weighted by Gasteiger charge is 1.95. The Balaban J connectivity index is 2.91. The van der Waals surface area contributed by atoms with Gasteiger partial charge in [-0.2, -0.15) is 4.99 Å². The molecule has 0 spiro atoms. The summed E-state index contributed by atoms with van der Waals surface area (Å²) in [5, 5.41) is 4.90. The van der Waals surface area contributed by atoms with E-state index in [-0.39, 0.29) is 5.91 Å². The molecule has 0 saturated carbocycles. The maximum Gasteiger partial charge on any atom is 0.221 e. The molecule has 1 aromatic rings. The van der Waals surface area contributed by atoms with Gasteiger partial charge in [-0.15, -0.1) is 0 Å². The van der Waals surface area contributed by atoms with Gasteiger partial charge in [-0.3, -0.25) is 4.79 Å². The zero-order valence-electron chi connectivity index (χ0n) is 7.07. The minimum Gasteiger partial charge on any atom is -0.326 e. The van der Waals surface area contributed by atoms with Gasteiger partial charge in [0.15, 0.2) is 0 Å². The van der Waals surface area contributed by atoms with Gasteiger partial charge < -0.3 is 5.32 Å². The average Bonchev–Trinajstić information content (AvgIpc) is 2.04. The van der Waals surface area contributed by atoms with Crippen molar-refractivity contribution in [1.82, 2.24) is 0 Å². The van der Waals surface area contributed by atoms with Crippen molar-refractivity contribution in [2.45, 2.75) is 6.92 Å². The first-order valence-corrected chi connectivity index (χ1v) is 4.09. The van der Waals surface area contributed by atoms with E-state index in [2.05, 4.69) is 27.7 Å². The number of hydrogen-bond acceptors (Lipinski definition) is 3. The smallest absolute Gasteiger partial charge is 0.221 e. The third kappa shape index (κ3) is 3.15. The molecule has 0 radical (unpaired) electrons. The molecule has 0 aliphatic carbocycles. The van der Waals surface area contributed by atoms with Crippen LogP contribution in [0.5, 0.6) is 0 Å². The van der Waals surface area contributed by atoms with Crippen LogP contribution >= 0.6 is 12.2 Å². The molecule has 1 N–H and O–H groups in total. The van der Waals surface area contributed by atoms with Gasteiger partial charge in [-0.05, 0) is 30.4 Å². The molecular formula is C9H8N2OS. The number of rotatable bonds is 2. The molecule has 1 amide bonds. The minimum atomic E-state index is -0.108. The summed E-state index contributed by atoms with van der Waals surface area (Å²) in [6.07, 6.45) is 0. The molecule has 0 aliphatic rings. The van der Waals surface area contributed by atoms with Crippen LogP contribution in [-0.2, 0) is 4.79 Å². The largest absolute Gasteiger partial charge is 0.326 e. The van der Waals surface area contributed by atoms with E-state index in [9.17, 15) is 4.79 Å². The molecule has 1 aromatic carbocycles. The Morgan fingerprint density at radius 2 is 2.38 bits per heavy atom. The Bertz CT molecular complexity index is 370. The second kappa shape index (κ2) is 4.50. The van der Waals surface area contributed by atoms with Crippen LogP contribution < -0.4 is 5.32 Å². The lowest BCUT2D eigenvalue weighted by atomic mass is 10.3. The quantitative estimate of drug-likeness (QED) is 0.577. The molecule has 3 nitrogen and oxygen atoms in total. The van der Waals surface area contributed by atoms with E-state index in [4.69, 9.17) is 0 Å². The Hall–Kier alpha value is -1.51. The molecule has 0 fully saturated rings. The molecule has 0 heterocycles. The second-order valence-electron chi connectivity index (χ2n) is 2.43. The number of benzene rings is 1. The lowest BCUT2D eigenvalue weighted by Gasteiger charge is -2.00. The summed E-state index contributed by atoms with van der Waals surface area (Å²) in [6, 6.07) is 7.08. The van der Waals surface area contributed by atoms with E-state index in [1.165, 1.54) is 6.92 Å². The Morgan fingerprint density at radius 3 is 3.00 bits per heavy atom. The van der Waals surface area contributed by atoms with Crippen LogP contribution in [0.4, 0.5) is 11.4 Å². The third-order valence-corrected chi connectivity index (χ3v) is 1.43. The van der Waals surface area contributed by atoms with Crippen LogP contribution in [0.1, 0.15) is 6.92 Å². The maximum atomic E-state index is 10.7. The minimum absolute atomic E-state index is 0.108. The van der Waals surface area contributed by atoms with Gasteiger partial charge in [0, 0.05) is 12.6 Å². The van der Waals surface area contributed by atoms with Gasteiger partial charge in [0.1, 0.15) is 0 Å². The highest BCUT2D eigenvalue weighted by atomic mass is 32.1. The van der Waals surface area contributed by atoms with Crippen LogP contribution in [0.25, 0.3) is 0 Å². The summed E-state index contributed by atoms with van der Waals surface area (Å²) in [4.78, 5) is 14.5. The van der Waals surface area contributed by atoms with Gasteiger partial charge in [0.2, 0.25) is 5.91 Å². The van der Waals surface area contributed by atoms with Gasteiger partial charge in [0.25, 0.3) is 0 Å². The predicted octanol–water partition coefficient (Wildman–Crippen LogP) is 2.38. The van der Waals surface area contributed by atoms with Crippen molar-refractivity contribution in [3.8, 4) is 0 Å². The summed E-state index contributed by atoms with van der Waals surface area (Å²) >= 11 is 4.46. The van der Waals surface area contributed by atoms with E-state index < -0.39 is 0 Å². The fourth-order valence-corrected chi connectivity index (χ4v) is 1.01. The summed E-state index contributed by atoms with van der Waals surface area (Å²) in [5.74, 6) is -0.108. The van der Waals surface area contributed by atoms with Gasteiger partial charge in [-0.1, -0.05) is 6.07 Å². The molecule has 4 heteroatoms. The van der Waals surface area contributed by atoms with Crippen LogP contribution in [0.3, 0.4) is 0 Å². The number of amides is 1. The van der Waals surface area contributed by atoms with E-state index in [0.29, 0.717) is 11.4 Å². The van der Waals surface area contributed by atoms with E-state index in [1.54, 1.807) is 24.3 Å². The molecule has 13 heavy (non-hydrogen) atoms. The number of nitrogens with one attached hydrogen (secondary N) is 1. The number of thiocarbonyl (C=S) groups is 1. The van der Waals surface area contributed by atoms with E-state index in [1.807, 2.05) is 0 Å². The third-order valence-electron chi connectivity index (χ3n) is 1.34. The maximum absolute atomic E-state index is 10.7. The molecule has 0 unspecified atom stereocenters. The first-order chi connectivity index (χ1) is 6.22. The zero-order valence-corrected chi connectivity index (χ0v) is 7.89. The van der Waals surface area contributed by atoms with Crippen molar-refractivity contribution in [2.75, 3.05) is 5.32 Å². The first kappa shape index (κ1) is 9.58. The number of aliphatic imine (C=N–C) groups is 1. The molecule has 1 rings (SSSR count). The summed E-state index contributed by atoms with van der Waals surface area (Å²) in [6.45, 7) is 1.45. The van der Waals surface area contributed by atoms with Gasteiger partial charge in [-0.25, -0.2) is 0 Å². The van der Waals surface area contributed by atoms with Crippen LogP contribution in [0.15, 0.2) is 29.3 Å². The summed E-state index contributed by atoms with van der Waals surface area (Å²) in [5.41, 5.74) is 1.39. The number of isothiocyanates is 1. The first-order valence-electron chi connectivity index (χ1n) is 3.68. The van der Waals surface area contributed by atoms with Crippen molar-refractivity contribution < 1.29 is 4.79 Å². The molecule has 0 aromatic heterocycles. The van der Waals surface area contributed by atoms with Crippen molar-refractivity contribution in [1.29, 1.82) is 0 Å². The molecular weight excluding hydrogens is 184 g/mol. The second-order valence-corrected chi connectivity index (χ2v) is 2.62. The number of carbonyl (C=O) groups is 1. The number of anilines is 1. The summed E-state index contributed by atoms with van der Waals surface area (Å²) in [7, 11) is 0. The highest BCUT2D eigenvalue weighted by Crippen LogP contribution is 2.16. The number of carbonyl (C=O) groups excluding carboxylic acids is 1. The lowest BCUT2D eigenvalue weighted by molar-refractivity contribution is -0.114. The molecule has 0 atom stereocenters. The number of hydrogen-bond donors (Lipinski definition) is 1. The van der Waals surface area contributed by atoms with E-state index >= 15 is 0 Å². The predicted molar refractivity (Wildman–Crippen MR) is 55.4 cm³/mol. The van der Waals surface area contributed by atoms with Crippen LogP contribution in [-0.4, -0.2) is 11.1 Å². The van der Waals surface area contributed by atoms with Crippen molar-refractivity contribution in [3.05, 3.63) is 24.3 Å². The van der Waals surface area contributed by atoms with Gasteiger partial charge in [0.05, 0.1) is 10.8 Å². The van der Waals surface area contributed by atoms with Gasteiger partial charge >= 0.3 is 0 Å². The molecule has 0 saturated heterocycles. The SMILES string of the molecule is CC(=O)Nc1cccc(N=C=S)c1. The molecule has 0 bridgehead atoms. The Kier molecular flexibility index (Phi) is 3.31. The topological polar surface area (TPSA) is 41.5 Å². The normalized spacial score (nSPS) is 8.69. The van der Waals surface area contributed by atoms with Crippen molar-refractivity contribution in [3.63, 3.8) is 0 Å².